The van der Waals surface area contributed by atoms with Gasteiger partial charge in [-0.15, -0.1) is 0 Å². The molecule has 0 spiro atoms. The molecule has 0 unspecified atom stereocenters. The summed E-state index contributed by atoms with van der Waals surface area (Å²) in [6.07, 6.45) is 5.57. The first kappa shape index (κ1) is 14.3. The standard InChI is InChI=1S/C16H18N4O2/c21-15(20-6-1-2-7-20)11-17-16(22)13-5-3-4-12(8-13)14-9-18-19-10-14/h3-5,8-10H,1-2,6-7,11H2,(H,17,22)(H,18,19). The molecule has 1 aliphatic heterocycles. The summed E-state index contributed by atoms with van der Waals surface area (Å²) in [4.78, 5) is 25.9. The number of benzene rings is 1. The summed E-state index contributed by atoms with van der Waals surface area (Å²) in [7, 11) is 0. The van der Waals surface area contributed by atoms with E-state index in [9.17, 15) is 9.59 Å². The fourth-order valence-electron chi connectivity index (χ4n) is 2.59. The number of amides is 2. The number of hydrogen-bond acceptors (Lipinski definition) is 3. The van der Waals surface area contributed by atoms with E-state index in [1.54, 1.807) is 29.4 Å². The molecule has 114 valence electrons. The highest BCUT2D eigenvalue weighted by atomic mass is 16.2. The van der Waals surface area contributed by atoms with E-state index in [2.05, 4.69) is 15.5 Å². The molecule has 0 bridgehead atoms. The van der Waals surface area contributed by atoms with Crippen molar-refractivity contribution in [3.05, 3.63) is 42.2 Å². The highest BCUT2D eigenvalue weighted by Gasteiger charge is 2.18. The summed E-state index contributed by atoms with van der Waals surface area (Å²) in [5, 5.41) is 9.34. The molecule has 0 atom stereocenters. The molecule has 1 aromatic heterocycles. The van der Waals surface area contributed by atoms with E-state index in [-0.39, 0.29) is 18.4 Å². The Morgan fingerprint density at radius 2 is 2.05 bits per heavy atom. The molecule has 1 aromatic carbocycles. The molecule has 0 saturated carbocycles. The number of rotatable bonds is 4. The number of H-pyrrole nitrogens is 1. The summed E-state index contributed by atoms with van der Waals surface area (Å²) >= 11 is 0. The van der Waals surface area contributed by atoms with Gasteiger partial charge in [-0.1, -0.05) is 12.1 Å². The van der Waals surface area contributed by atoms with Crippen molar-refractivity contribution in [1.29, 1.82) is 0 Å². The first-order chi connectivity index (χ1) is 10.7. The van der Waals surface area contributed by atoms with Gasteiger partial charge in [-0.05, 0) is 30.5 Å². The van der Waals surface area contributed by atoms with Gasteiger partial charge in [-0.25, -0.2) is 0 Å². The van der Waals surface area contributed by atoms with Crippen LogP contribution in [0.15, 0.2) is 36.7 Å². The Kier molecular flexibility index (Phi) is 4.18. The highest BCUT2D eigenvalue weighted by Crippen LogP contribution is 2.18. The fraction of sp³-hybridized carbons (Fsp3) is 0.312. The van der Waals surface area contributed by atoms with Crippen LogP contribution in [0.25, 0.3) is 11.1 Å². The van der Waals surface area contributed by atoms with Gasteiger partial charge in [0, 0.05) is 30.4 Å². The number of hydrogen-bond donors (Lipinski definition) is 2. The van der Waals surface area contributed by atoms with Crippen molar-refractivity contribution in [1.82, 2.24) is 20.4 Å². The van der Waals surface area contributed by atoms with Crippen molar-refractivity contribution in [2.45, 2.75) is 12.8 Å². The van der Waals surface area contributed by atoms with Crippen LogP contribution in [-0.2, 0) is 4.79 Å². The molecule has 2 aromatic rings. The molecule has 1 fully saturated rings. The van der Waals surface area contributed by atoms with Crippen molar-refractivity contribution >= 4 is 11.8 Å². The lowest BCUT2D eigenvalue weighted by molar-refractivity contribution is -0.129. The summed E-state index contributed by atoms with van der Waals surface area (Å²) in [5.41, 5.74) is 2.36. The predicted molar refractivity (Wildman–Crippen MR) is 82.2 cm³/mol. The van der Waals surface area contributed by atoms with Gasteiger partial charge >= 0.3 is 0 Å². The number of nitrogens with one attached hydrogen (secondary N) is 2. The molecule has 1 aliphatic rings. The summed E-state index contributed by atoms with van der Waals surface area (Å²) in [6, 6.07) is 7.26. The number of carbonyl (C=O) groups is 2. The zero-order chi connectivity index (χ0) is 15.4. The quantitative estimate of drug-likeness (QED) is 0.896. The van der Waals surface area contributed by atoms with Crippen LogP contribution >= 0.6 is 0 Å². The topological polar surface area (TPSA) is 78.1 Å². The second-order valence-electron chi connectivity index (χ2n) is 5.34. The zero-order valence-electron chi connectivity index (χ0n) is 12.2. The third kappa shape index (κ3) is 3.16. The number of aromatic amines is 1. The molecule has 0 aliphatic carbocycles. The van der Waals surface area contributed by atoms with E-state index in [0.717, 1.165) is 37.1 Å². The van der Waals surface area contributed by atoms with E-state index in [1.165, 1.54) is 0 Å². The van der Waals surface area contributed by atoms with E-state index < -0.39 is 0 Å². The number of nitrogens with zero attached hydrogens (tertiary/aromatic N) is 2. The van der Waals surface area contributed by atoms with Crippen LogP contribution in [0.5, 0.6) is 0 Å². The first-order valence-electron chi connectivity index (χ1n) is 7.39. The summed E-state index contributed by atoms with van der Waals surface area (Å²) in [5.74, 6) is -0.255. The van der Waals surface area contributed by atoms with Crippen molar-refractivity contribution in [3.8, 4) is 11.1 Å². The SMILES string of the molecule is O=C(NCC(=O)N1CCCC1)c1cccc(-c2cn[nH]c2)c1. The third-order valence-electron chi connectivity index (χ3n) is 3.82. The molecule has 3 rings (SSSR count). The van der Waals surface area contributed by atoms with Gasteiger partial charge in [0.2, 0.25) is 5.91 Å². The Morgan fingerprint density at radius 1 is 1.23 bits per heavy atom. The van der Waals surface area contributed by atoms with Gasteiger partial charge < -0.3 is 10.2 Å². The molecule has 2 heterocycles. The van der Waals surface area contributed by atoms with Crippen molar-refractivity contribution in [2.75, 3.05) is 19.6 Å². The zero-order valence-corrected chi connectivity index (χ0v) is 12.2. The Labute approximate surface area is 128 Å². The first-order valence-corrected chi connectivity index (χ1v) is 7.39. The van der Waals surface area contributed by atoms with Crippen molar-refractivity contribution < 1.29 is 9.59 Å². The van der Waals surface area contributed by atoms with Crippen LogP contribution in [0.2, 0.25) is 0 Å². The molecule has 6 nitrogen and oxygen atoms in total. The lowest BCUT2D eigenvalue weighted by Gasteiger charge is -2.15. The molecule has 6 heteroatoms. The minimum atomic E-state index is -0.238. The van der Waals surface area contributed by atoms with Crippen LogP contribution < -0.4 is 5.32 Å². The normalized spacial score (nSPS) is 14.1. The maximum Gasteiger partial charge on any atom is 0.251 e. The second kappa shape index (κ2) is 6.43. The lowest BCUT2D eigenvalue weighted by atomic mass is 10.1. The number of carbonyl (C=O) groups excluding carboxylic acids is 2. The molecule has 22 heavy (non-hydrogen) atoms. The summed E-state index contributed by atoms with van der Waals surface area (Å²) in [6.45, 7) is 1.64. The van der Waals surface area contributed by atoms with E-state index in [4.69, 9.17) is 0 Å². The minimum absolute atomic E-state index is 0.0168. The van der Waals surface area contributed by atoms with Crippen LogP contribution in [-0.4, -0.2) is 46.5 Å². The van der Waals surface area contributed by atoms with E-state index in [0.29, 0.717) is 5.56 Å². The van der Waals surface area contributed by atoms with Gasteiger partial charge in [0.05, 0.1) is 12.7 Å². The van der Waals surface area contributed by atoms with Crippen LogP contribution in [0, 0.1) is 0 Å². The van der Waals surface area contributed by atoms with Crippen molar-refractivity contribution in [2.24, 2.45) is 0 Å². The third-order valence-corrected chi connectivity index (χ3v) is 3.82. The Balaban J connectivity index is 1.62. The minimum Gasteiger partial charge on any atom is -0.343 e. The predicted octanol–water partition coefficient (Wildman–Crippen LogP) is 1.43. The average molecular weight is 298 g/mol. The number of aromatic nitrogens is 2. The molecule has 2 amide bonds. The van der Waals surface area contributed by atoms with Gasteiger partial charge in [-0.2, -0.15) is 5.10 Å². The Bertz CT molecular complexity index is 661. The van der Waals surface area contributed by atoms with E-state index in [1.807, 2.05) is 12.1 Å². The summed E-state index contributed by atoms with van der Waals surface area (Å²) < 4.78 is 0. The van der Waals surface area contributed by atoms with Crippen molar-refractivity contribution in [3.63, 3.8) is 0 Å². The maximum absolute atomic E-state index is 12.2. The molecule has 1 saturated heterocycles. The van der Waals surface area contributed by atoms with Crippen LogP contribution in [0.4, 0.5) is 0 Å². The van der Waals surface area contributed by atoms with Crippen LogP contribution in [0.3, 0.4) is 0 Å². The Morgan fingerprint density at radius 3 is 2.77 bits per heavy atom. The highest BCUT2D eigenvalue weighted by molar-refractivity contribution is 5.97. The lowest BCUT2D eigenvalue weighted by Crippen LogP contribution is -2.38. The van der Waals surface area contributed by atoms with E-state index >= 15 is 0 Å². The largest absolute Gasteiger partial charge is 0.343 e. The monoisotopic (exact) mass is 298 g/mol. The average Bonchev–Trinajstić information content (AvgIpc) is 3.25. The number of likely N-dealkylation sites (tertiary alicyclic amines) is 1. The maximum atomic E-state index is 12.2. The molecular formula is C16H18N4O2. The molecule has 2 N–H and O–H groups in total. The molecule has 0 radical (unpaired) electrons. The van der Waals surface area contributed by atoms with Gasteiger partial charge in [-0.3, -0.25) is 14.7 Å². The van der Waals surface area contributed by atoms with Gasteiger partial charge in [0.1, 0.15) is 0 Å². The Hall–Kier alpha value is -2.63. The van der Waals surface area contributed by atoms with Crippen LogP contribution in [0.1, 0.15) is 23.2 Å². The fourth-order valence-corrected chi connectivity index (χ4v) is 2.59. The van der Waals surface area contributed by atoms with Gasteiger partial charge in [0.15, 0.2) is 0 Å². The second-order valence-corrected chi connectivity index (χ2v) is 5.34. The molecular weight excluding hydrogens is 280 g/mol. The van der Waals surface area contributed by atoms with Gasteiger partial charge in [0.25, 0.3) is 5.91 Å². The smallest absolute Gasteiger partial charge is 0.251 e.